The Labute approximate surface area is 92.5 Å². The number of aliphatic hydroxyl groups is 1. The molecule has 0 saturated heterocycles. The van der Waals surface area contributed by atoms with Crippen molar-refractivity contribution in [2.45, 2.75) is 32.1 Å². The maximum Gasteiger partial charge on any atom is 0.0431 e. The van der Waals surface area contributed by atoms with Crippen LogP contribution in [0.25, 0.3) is 6.08 Å². The minimum absolute atomic E-state index is 0.333. The molecule has 1 heteroatoms. The van der Waals surface area contributed by atoms with Gasteiger partial charge in [-0.25, -0.2) is 0 Å². The van der Waals surface area contributed by atoms with E-state index in [0.29, 0.717) is 6.61 Å². The first-order chi connectivity index (χ1) is 7.43. The van der Waals surface area contributed by atoms with Crippen LogP contribution in [0.2, 0.25) is 0 Å². The average Bonchev–Trinajstić information content (AvgIpc) is 2.29. The van der Waals surface area contributed by atoms with Gasteiger partial charge in [0.25, 0.3) is 0 Å². The monoisotopic (exact) mass is 204 g/mol. The normalized spacial score (nSPS) is 11.0. The molecular weight excluding hydrogens is 184 g/mol. The zero-order valence-corrected chi connectivity index (χ0v) is 9.23. The van der Waals surface area contributed by atoms with Crippen molar-refractivity contribution < 1.29 is 5.11 Å². The first kappa shape index (κ1) is 12.0. The molecule has 0 aliphatic heterocycles. The van der Waals surface area contributed by atoms with Crippen molar-refractivity contribution in [2.75, 3.05) is 6.61 Å². The summed E-state index contributed by atoms with van der Waals surface area (Å²) in [6.07, 6.45) is 10.1. The molecule has 1 aromatic rings. The molecule has 1 N–H and O–H groups in total. The van der Waals surface area contributed by atoms with Crippen molar-refractivity contribution in [3.8, 4) is 0 Å². The van der Waals surface area contributed by atoms with Gasteiger partial charge in [0.1, 0.15) is 0 Å². The molecule has 0 aliphatic carbocycles. The highest BCUT2D eigenvalue weighted by Crippen LogP contribution is 2.06. The molecule has 0 fully saturated rings. The second-order valence-electron chi connectivity index (χ2n) is 3.74. The van der Waals surface area contributed by atoms with E-state index in [0.717, 1.165) is 19.3 Å². The quantitative estimate of drug-likeness (QED) is 0.672. The van der Waals surface area contributed by atoms with Crippen LogP contribution in [0.3, 0.4) is 0 Å². The Hall–Kier alpha value is -1.08. The van der Waals surface area contributed by atoms with Crippen LogP contribution in [0, 0.1) is 0 Å². The molecule has 82 valence electrons. The third kappa shape index (κ3) is 6.08. The molecule has 0 spiro atoms. The van der Waals surface area contributed by atoms with E-state index in [1.54, 1.807) is 0 Å². The fraction of sp³-hybridized carbons (Fsp3) is 0.429. The topological polar surface area (TPSA) is 20.2 Å². The summed E-state index contributed by atoms with van der Waals surface area (Å²) in [4.78, 5) is 0. The SMILES string of the molecule is OCCCCCCC=Cc1ccccc1. The van der Waals surface area contributed by atoms with Gasteiger partial charge in [-0.1, -0.05) is 55.3 Å². The van der Waals surface area contributed by atoms with Crippen molar-refractivity contribution in [2.24, 2.45) is 0 Å². The Morgan fingerprint density at radius 3 is 2.40 bits per heavy atom. The van der Waals surface area contributed by atoms with Crippen LogP contribution < -0.4 is 0 Å². The molecule has 0 saturated carbocycles. The number of rotatable bonds is 7. The van der Waals surface area contributed by atoms with Gasteiger partial charge in [0.15, 0.2) is 0 Å². The van der Waals surface area contributed by atoms with Crippen molar-refractivity contribution >= 4 is 6.08 Å². The molecule has 0 bridgehead atoms. The lowest BCUT2D eigenvalue weighted by Crippen LogP contribution is -1.82. The highest BCUT2D eigenvalue weighted by Gasteiger charge is 1.87. The van der Waals surface area contributed by atoms with Gasteiger partial charge in [0.2, 0.25) is 0 Å². The zero-order valence-electron chi connectivity index (χ0n) is 9.23. The van der Waals surface area contributed by atoms with Crippen LogP contribution >= 0.6 is 0 Å². The van der Waals surface area contributed by atoms with E-state index in [9.17, 15) is 0 Å². The van der Waals surface area contributed by atoms with Crippen LogP contribution in [0.5, 0.6) is 0 Å². The third-order valence-electron chi connectivity index (χ3n) is 2.39. The van der Waals surface area contributed by atoms with E-state index in [2.05, 4.69) is 36.4 Å². The smallest absolute Gasteiger partial charge is 0.0431 e. The summed E-state index contributed by atoms with van der Waals surface area (Å²) in [5.41, 5.74) is 1.27. The van der Waals surface area contributed by atoms with Gasteiger partial charge < -0.3 is 5.11 Å². The summed E-state index contributed by atoms with van der Waals surface area (Å²) in [6, 6.07) is 10.4. The number of aliphatic hydroxyl groups excluding tert-OH is 1. The van der Waals surface area contributed by atoms with Crippen molar-refractivity contribution in [3.63, 3.8) is 0 Å². The minimum Gasteiger partial charge on any atom is -0.396 e. The average molecular weight is 204 g/mol. The van der Waals surface area contributed by atoms with Crippen LogP contribution in [-0.4, -0.2) is 11.7 Å². The molecule has 0 atom stereocenters. The molecule has 0 radical (unpaired) electrons. The van der Waals surface area contributed by atoms with E-state index >= 15 is 0 Å². The lowest BCUT2D eigenvalue weighted by Gasteiger charge is -1.96. The van der Waals surface area contributed by atoms with Gasteiger partial charge in [-0.2, -0.15) is 0 Å². The second kappa shape index (κ2) is 8.25. The Morgan fingerprint density at radius 2 is 1.67 bits per heavy atom. The Kier molecular flexibility index (Phi) is 6.59. The van der Waals surface area contributed by atoms with Gasteiger partial charge in [0, 0.05) is 6.61 Å². The van der Waals surface area contributed by atoms with E-state index in [1.165, 1.54) is 18.4 Å². The number of unbranched alkanes of at least 4 members (excludes halogenated alkanes) is 4. The number of allylic oxidation sites excluding steroid dienone is 1. The van der Waals surface area contributed by atoms with Gasteiger partial charge in [-0.05, 0) is 24.8 Å². The summed E-state index contributed by atoms with van der Waals surface area (Å²) in [5.74, 6) is 0. The first-order valence-electron chi connectivity index (χ1n) is 5.76. The number of hydrogen-bond acceptors (Lipinski definition) is 1. The predicted octanol–water partition coefficient (Wildman–Crippen LogP) is 3.64. The van der Waals surface area contributed by atoms with E-state index < -0.39 is 0 Å². The Bertz CT molecular complexity index is 264. The fourth-order valence-corrected chi connectivity index (χ4v) is 1.51. The summed E-state index contributed by atoms with van der Waals surface area (Å²) >= 11 is 0. The Balaban J connectivity index is 2.07. The highest BCUT2D eigenvalue weighted by molar-refractivity contribution is 5.48. The van der Waals surface area contributed by atoms with E-state index in [-0.39, 0.29) is 0 Å². The van der Waals surface area contributed by atoms with Gasteiger partial charge >= 0.3 is 0 Å². The molecule has 15 heavy (non-hydrogen) atoms. The Morgan fingerprint density at radius 1 is 0.933 bits per heavy atom. The van der Waals surface area contributed by atoms with Crippen molar-refractivity contribution in [1.82, 2.24) is 0 Å². The van der Waals surface area contributed by atoms with E-state index in [4.69, 9.17) is 5.11 Å². The molecule has 1 nitrogen and oxygen atoms in total. The van der Waals surface area contributed by atoms with Crippen molar-refractivity contribution in [3.05, 3.63) is 42.0 Å². The van der Waals surface area contributed by atoms with Gasteiger partial charge in [0.05, 0.1) is 0 Å². The largest absolute Gasteiger partial charge is 0.396 e. The summed E-state index contributed by atoms with van der Waals surface area (Å²) in [7, 11) is 0. The fourth-order valence-electron chi connectivity index (χ4n) is 1.51. The van der Waals surface area contributed by atoms with Crippen LogP contribution in [0.4, 0.5) is 0 Å². The standard InChI is InChI=1S/C14H20O/c15-13-9-4-2-1-3-6-10-14-11-7-5-8-12-14/h5-8,10-12,15H,1-4,9,13H2. The third-order valence-corrected chi connectivity index (χ3v) is 2.39. The predicted molar refractivity (Wildman–Crippen MR) is 65.6 cm³/mol. The minimum atomic E-state index is 0.333. The molecule has 0 amide bonds. The van der Waals surface area contributed by atoms with Crippen LogP contribution in [0.1, 0.15) is 37.7 Å². The molecule has 0 aliphatic rings. The molecule has 1 rings (SSSR count). The molecule has 0 heterocycles. The second-order valence-corrected chi connectivity index (χ2v) is 3.74. The maximum absolute atomic E-state index is 8.60. The van der Waals surface area contributed by atoms with Crippen LogP contribution in [0.15, 0.2) is 36.4 Å². The van der Waals surface area contributed by atoms with Crippen LogP contribution in [-0.2, 0) is 0 Å². The van der Waals surface area contributed by atoms with Gasteiger partial charge in [-0.3, -0.25) is 0 Å². The summed E-state index contributed by atoms with van der Waals surface area (Å²) in [5, 5.41) is 8.60. The van der Waals surface area contributed by atoms with Gasteiger partial charge in [-0.15, -0.1) is 0 Å². The number of benzene rings is 1. The van der Waals surface area contributed by atoms with E-state index in [1.807, 2.05) is 6.07 Å². The number of hydrogen-bond donors (Lipinski definition) is 1. The van der Waals surface area contributed by atoms with Crippen molar-refractivity contribution in [1.29, 1.82) is 0 Å². The maximum atomic E-state index is 8.60. The summed E-state index contributed by atoms with van der Waals surface area (Å²) < 4.78 is 0. The molecule has 0 unspecified atom stereocenters. The first-order valence-corrected chi connectivity index (χ1v) is 5.76. The lowest BCUT2D eigenvalue weighted by atomic mass is 10.1. The zero-order chi connectivity index (χ0) is 10.8. The summed E-state index contributed by atoms with van der Waals surface area (Å²) in [6.45, 7) is 0.333. The molecular formula is C14H20O. The lowest BCUT2D eigenvalue weighted by molar-refractivity contribution is 0.282. The highest BCUT2D eigenvalue weighted by atomic mass is 16.2. The molecule has 0 aromatic heterocycles. The molecule has 1 aromatic carbocycles.